The molecule has 1 aliphatic rings. The van der Waals surface area contributed by atoms with Crippen molar-refractivity contribution < 1.29 is 14.4 Å². The molecule has 20 heavy (non-hydrogen) atoms. The lowest BCUT2D eigenvalue weighted by molar-refractivity contribution is 0.00578. The van der Waals surface area contributed by atoms with E-state index >= 15 is 0 Å². The van der Waals surface area contributed by atoms with Gasteiger partial charge in [0.05, 0.1) is 23.5 Å². The van der Waals surface area contributed by atoms with Crippen LogP contribution in [0.25, 0.3) is 6.08 Å². The number of rotatable bonds is 3. The smallest absolute Gasteiger partial charge is 0.400 e. The molecular formula is C14H19BClNO3. The summed E-state index contributed by atoms with van der Waals surface area (Å²) in [5, 5.41) is 10.2. The maximum atomic E-state index is 9.57. The van der Waals surface area contributed by atoms with Crippen LogP contribution >= 0.6 is 11.6 Å². The summed E-state index contributed by atoms with van der Waals surface area (Å²) in [5.74, 6) is 0. The summed E-state index contributed by atoms with van der Waals surface area (Å²) in [7, 11) is -0.578. The second-order valence-corrected chi connectivity index (χ2v) is 6.30. The zero-order valence-corrected chi connectivity index (χ0v) is 12.9. The van der Waals surface area contributed by atoms with E-state index in [4.69, 9.17) is 20.9 Å². The zero-order chi connectivity index (χ0) is 15.0. The van der Waals surface area contributed by atoms with E-state index in [1.54, 1.807) is 24.4 Å². The summed E-state index contributed by atoms with van der Waals surface area (Å²) < 4.78 is 11.8. The van der Waals surface area contributed by atoms with Crippen LogP contribution in [0.4, 0.5) is 0 Å². The highest BCUT2D eigenvalue weighted by Crippen LogP contribution is 2.38. The van der Waals surface area contributed by atoms with Gasteiger partial charge in [-0.25, -0.2) is 0 Å². The van der Waals surface area contributed by atoms with E-state index in [0.29, 0.717) is 16.2 Å². The van der Waals surface area contributed by atoms with Crippen LogP contribution in [0, 0.1) is 0 Å². The van der Waals surface area contributed by atoms with Crippen LogP contribution < -0.4 is 0 Å². The number of pyridine rings is 1. The molecule has 0 unspecified atom stereocenters. The first kappa shape index (κ1) is 15.5. The largest absolute Gasteiger partial charge is 0.492 e. The molecule has 108 valence electrons. The molecule has 0 radical (unpaired) electrons. The molecular weight excluding hydrogens is 276 g/mol. The topological polar surface area (TPSA) is 51.6 Å². The van der Waals surface area contributed by atoms with E-state index < -0.39 is 18.3 Å². The van der Waals surface area contributed by atoms with Crippen LogP contribution in [0.15, 0.2) is 23.8 Å². The molecule has 0 aromatic carbocycles. The first-order chi connectivity index (χ1) is 9.25. The molecule has 1 aromatic heterocycles. The van der Waals surface area contributed by atoms with Gasteiger partial charge in [-0.2, -0.15) is 0 Å². The van der Waals surface area contributed by atoms with Gasteiger partial charge in [0, 0.05) is 11.2 Å². The van der Waals surface area contributed by atoms with E-state index in [-0.39, 0.29) is 6.61 Å². The lowest BCUT2D eigenvalue weighted by atomic mass is 9.78. The van der Waals surface area contributed by atoms with Crippen molar-refractivity contribution in [2.45, 2.75) is 38.9 Å². The Morgan fingerprint density at radius 3 is 2.45 bits per heavy atom. The fraction of sp³-hybridized carbons (Fsp3) is 0.500. The predicted octanol–water partition coefficient (Wildman–Crippen LogP) is 2.74. The highest BCUT2D eigenvalue weighted by atomic mass is 35.5. The van der Waals surface area contributed by atoms with Crippen molar-refractivity contribution in [3.05, 3.63) is 34.5 Å². The molecule has 1 saturated heterocycles. The minimum Gasteiger partial charge on any atom is -0.400 e. The van der Waals surface area contributed by atoms with Gasteiger partial charge >= 0.3 is 7.12 Å². The van der Waals surface area contributed by atoms with Gasteiger partial charge in [-0.15, -0.1) is 0 Å². The van der Waals surface area contributed by atoms with Crippen molar-refractivity contribution in [3.63, 3.8) is 0 Å². The van der Waals surface area contributed by atoms with E-state index in [0.717, 1.165) is 0 Å². The molecule has 2 heterocycles. The highest BCUT2D eigenvalue weighted by Gasteiger charge is 2.52. The van der Waals surface area contributed by atoms with Crippen molar-refractivity contribution >= 4 is 24.8 Å². The average molecular weight is 296 g/mol. The standard InChI is InChI=1S/C14H19BClNO3/c1-13(2)14(3,4)20-15(19-13)10(9-18)7-12-8-11(16)5-6-17-12/h5-8,18H,9H2,1-4H3. The summed E-state index contributed by atoms with van der Waals surface area (Å²) in [6, 6.07) is 3.43. The molecule has 2 rings (SSSR count). The Bertz CT molecular complexity index is 515. The van der Waals surface area contributed by atoms with Gasteiger partial charge in [-0.1, -0.05) is 11.6 Å². The number of aliphatic hydroxyl groups excluding tert-OH is 1. The molecule has 4 nitrogen and oxygen atoms in total. The van der Waals surface area contributed by atoms with Gasteiger partial charge in [-0.3, -0.25) is 4.98 Å². The summed E-state index contributed by atoms with van der Waals surface area (Å²) in [4.78, 5) is 4.19. The van der Waals surface area contributed by atoms with Crippen molar-refractivity contribution in [1.29, 1.82) is 0 Å². The first-order valence-electron chi connectivity index (χ1n) is 6.54. The lowest BCUT2D eigenvalue weighted by Crippen LogP contribution is -2.41. The third-order valence-corrected chi connectivity index (χ3v) is 4.05. The maximum Gasteiger partial charge on any atom is 0.492 e. The zero-order valence-electron chi connectivity index (χ0n) is 12.2. The van der Waals surface area contributed by atoms with Gasteiger partial charge in [-0.05, 0) is 51.4 Å². The Balaban J connectivity index is 2.26. The second-order valence-electron chi connectivity index (χ2n) is 5.86. The molecule has 0 aliphatic carbocycles. The van der Waals surface area contributed by atoms with Crippen LogP contribution in [0.1, 0.15) is 33.4 Å². The Labute approximate surface area is 124 Å². The maximum absolute atomic E-state index is 9.57. The van der Waals surface area contributed by atoms with Gasteiger partial charge in [0.2, 0.25) is 0 Å². The Kier molecular flexibility index (Phi) is 4.26. The summed E-state index contributed by atoms with van der Waals surface area (Å²) >= 11 is 5.93. The summed E-state index contributed by atoms with van der Waals surface area (Å²) in [6.45, 7) is 7.73. The molecule has 0 saturated carbocycles. The molecule has 0 bridgehead atoms. The monoisotopic (exact) mass is 295 g/mol. The van der Waals surface area contributed by atoms with E-state index in [1.165, 1.54) is 0 Å². The van der Waals surface area contributed by atoms with Crippen molar-refractivity contribution in [2.24, 2.45) is 0 Å². The van der Waals surface area contributed by atoms with Gasteiger partial charge in [0.1, 0.15) is 0 Å². The first-order valence-corrected chi connectivity index (χ1v) is 6.91. The van der Waals surface area contributed by atoms with Gasteiger partial charge in [0.25, 0.3) is 0 Å². The number of aliphatic hydroxyl groups is 1. The summed E-state index contributed by atoms with van der Waals surface area (Å²) in [6.07, 6.45) is 3.36. The fourth-order valence-corrected chi connectivity index (χ4v) is 2.04. The molecule has 1 fully saturated rings. The van der Waals surface area contributed by atoms with E-state index in [1.807, 2.05) is 27.7 Å². The number of hydrogen-bond acceptors (Lipinski definition) is 4. The molecule has 1 aliphatic heterocycles. The second kappa shape index (κ2) is 5.49. The normalized spacial score (nSPS) is 21.3. The SMILES string of the molecule is CC1(C)OB(C(=Cc2cc(Cl)ccn2)CO)OC1(C)C. The number of halogens is 1. The Hall–Kier alpha value is -0.875. The van der Waals surface area contributed by atoms with Crippen LogP contribution in [-0.4, -0.2) is 35.0 Å². The number of nitrogens with zero attached hydrogens (tertiary/aromatic N) is 1. The minimum absolute atomic E-state index is 0.162. The van der Waals surface area contributed by atoms with Gasteiger partial charge in [0.15, 0.2) is 0 Å². The Morgan fingerprint density at radius 2 is 1.95 bits per heavy atom. The minimum atomic E-state index is -0.578. The third-order valence-electron chi connectivity index (χ3n) is 3.81. The van der Waals surface area contributed by atoms with Gasteiger partial charge < -0.3 is 14.4 Å². The van der Waals surface area contributed by atoms with Crippen LogP contribution in [0.3, 0.4) is 0 Å². The van der Waals surface area contributed by atoms with Crippen molar-refractivity contribution in [2.75, 3.05) is 6.61 Å². The lowest BCUT2D eigenvalue weighted by Gasteiger charge is -2.32. The third kappa shape index (κ3) is 3.06. The summed E-state index contributed by atoms with van der Waals surface area (Å²) in [5.41, 5.74) is 0.413. The molecule has 0 atom stereocenters. The predicted molar refractivity (Wildman–Crippen MR) is 80.4 cm³/mol. The molecule has 6 heteroatoms. The number of hydrogen-bond donors (Lipinski definition) is 1. The average Bonchev–Trinajstić information content (AvgIpc) is 2.55. The molecule has 1 aromatic rings. The molecule has 0 amide bonds. The quantitative estimate of drug-likeness (QED) is 0.871. The molecule has 1 N–H and O–H groups in total. The van der Waals surface area contributed by atoms with Crippen molar-refractivity contribution in [3.8, 4) is 0 Å². The number of aromatic nitrogens is 1. The van der Waals surface area contributed by atoms with E-state index in [2.05, 4.69) is 4.98 Å². The molecule has 0 spiro atoms. The van der Waals surface area contributed by atoms with E-state index in [9.17, 15) is 5.11 Å². The van der Waals surface area contributed by atoms with Crippen LogP contribution in [0.5, 0.6) is 0 Å². The highest BCUT2D eigenvalue weighted by molar-refractivity contribution is 6.55. The van der Waals surface area contributed by atoms with Crippen LogP contribution in [0.2, 0.25) is 5.02 Å². The van der Waals surface area contributed by atoms with Crippen LogP contribution in [-0.2, 0) is 9.31 Å². The van der Waals surface area contributed by atoms with Crippen molar-refractivity contribution in [1.82, 2.24) is 4.98 Å². The Morgan fingerprint density at radius 1 is 1.35 bits per heavy atom. The fourth-order valence-electron chi connectivity index (χ4n) is 1.87.